The van der Waals surface area contributed by atoms with Crippen LogP contribution >= 0.6 is 0 Å². The molecule has 0 atom stereocenters. The first-order valence-electron chi connectivity index (χ1n) is 8.52. The Kier molecular flexibility index (Phi) is 5.02. The van der Waals surface area contributed by atoms with Gasteiger partial charge in [0.15, 0.2) is 0 Å². The van der Waals surface area contributed by atoms with Crippen molar-refractivity contribution in [1.82, 2.24) is 14.8 Å². The highest BCUT2D eigenvalue weighted by atomic mass is 16.1. The molecule has 0 unspecified atom stereocenters. The van der Waals surface area contributed by atoms with Crippen LogP contribution in [0.4, 0.5) is 11.4 Å². The minimum atomic E-state index is -0.201. The summed E-state index contributed by atoms with van der Waals surface area (Å²) in [4.78, 5) is 18.8. The minimum absolute atomic E-state index is 0.201. The molecule has 1 amide bonds. The molecule has 6 heteroatoms. The number of amides is 1. The highest BCUT2D eigenvalue weighted by molar-refractivity contribution is 6.04. The quantitative estimate of drug-likeness (QED) is 0.760. The molecule has 0 aliphatic heterocycles. The highest BCUT2D eigenvalue weighted by Gasteiger charge is 2.10. The average molecular weight is 349 g/mol. The smallest absolute Gasteiger partial charge is 0.257 e. The molecule has 134 valence electrons. The van der Waals surface area contributed by atoms with Gasteiger partial charge in [0.25, 0.3) is 5.91 Å². The molecule has 2 aromatic heterocycles. The molecule has 0 saturated heterocycles. The standard InChI is InChI=1S/C20H23N5O/c1-14(2)25-13-18(12-22-25)23-20(26)17-9-16(10-21-11-17)15-5-7-19(8-6-15)24(3)4/h5-14H,1-4H3,(H,23,26). The van der Waals surface area contributed by atoms with E-state index < -0.39 is 0 Å². The van der Waals surface area contributed by atoms with E-state index in [4.69, 9.17) is 0 Å². The molecule has 1 aromatic carbocycles. The van der Waals surface area contributed by atoms with Crippen LogP contribution in [0.3, 0.4) is 0 Å². The first-order valence-corrected chi connectivity index (χ1v) is 8.52. The van der Waals surface area contributed by atoms with Crippen LogP contribution in [0.1, 0.15) is 30.2 Å². The lowest BCUT2D eigenvalue weighted by Crippen LogP contribution is -2.12. The number of pyridine rings is 1. The van der Waals surface area contributed by atoms with Crippen LogP contribution in [0.5, 0.6) is 0 Å². The van der Waals surface area contributed by atoms with E-state index in [1.54, 1.807) is 23.3 Å². The van der Waals surface area contributed by atoms with Gasteiger partial charge in [-0.25, -0.2) is 0 Å². The number of carbonyl (C=O) groups is 1. The summed E-state index contributed by atoms with van der Waals surface area (Å²) in [6.45, 7) is 4.07. The fourth-order valence-corrected chi connectivity index (χ4v) is 2.56. The van der Waals surface area contributed by atoms with E-state index in [2.05, 4.69) is 15.4 Å². The van der Waals surface area contributed by atoms with Crippen molar-refractivity contribution in [3.05, 3.63) is 60.7 Å². The molecule has 0 aliphatic carbocycles. The number of carbonyl (C=O) groups excluding carboxylic acids is 1. The van der Waals surface area contributed by atoms with Crippen LogP contribution in [0.2, 0.25) is 0 Å². The second-order valence-electron chi connectivity index (χ2n) is 6.66. The van der Waals surface area contributed by atoms with Crippen LogP contribution in [0.25, 0.3) is 11.1 Å². The van der Waals surface area contributed by atoms with Crippen molar-refractivity contribution in [2.45, 2.75) is 19.9 Å². The summed E-state index contributed by atoms with van der Waals surface area (Å²) in [7, 11) is 4.01. The number of nitrogens with one attached hydrogen (secondary N) is 1. The van der Waals surface area contributed by atoms with Crippen molar-refractivity contribution in [1.29, 1.82) is 0 Å². The number of benzene rings is 1. The lowest BCUT2D eigenvalue weighted by molar-refractivity contribution is 0.102. The third-order valence-corrected chi connectivity index (χ3v) is 4.11. The van der Waals surface area contributed by atoms with Crippen molar-refractivity contribution in [3.63, 3.8) is 0 Å². The molecule has 0 fully saturated rings. The lowest BCUT2D eigenvalue weighted by Gasteiger charge is -2.12. The topological polar surface area (TPSA) is 63.1 Å². The van der Waals surface area contributed by atoms with Crippen molar-refractivity contribution < 1.29 is 4.79 Å². The molecule has 6 nitrogen and oxygen atoms in total. The Morgan fingerprint density at radius 1 is 1.08 bits per heavy atom. The molecule has 0 saturated carbocycles. The fourth-order valence-electron chi connectivity index (χ4n) is 2.56. The van der Waals surface area contributed by atoms with Crippen molar-refractivity contribution >= 4 is 17.3 Å². The van der Waals surface area contributed by atoms with Gasteiger partial charge in [0, 0.05) is 50.0 Å². The van der Waals surface area contributed by atoms with Crippen LogP contribution in [0, 0.1) is 0 Å². The summed E-state index contributed by atoms with van der Waals surface area (Å²) in [5.41, 5.74) is 4.23. The molecule has 0 spiro atoms. The summed E-state index contributed by atoms with van der Waals surface area (Å²) < 4.78 is 1.80. The van der Waals surface area contributed by atoms with Crippen LogP contribution in [-0.4, -0.2) is 34.8 Å². The Balaban J connectivity index is 1.78. The lowest BCUT2D eigenvalue weighted by atomic mass is 10.1. The zero-order chi connectivity index (χ0) is 18.7. The van der Waals surface area contributed by atoms with Gasteiger partial charge in [-0.1, -0.05) is 12.1 Å². The molecule has 2 heterocycles. The summed E-state index contributed by atoms with van der Waals surface area (Å²) in [6, 6.07) is 10.2. The Morgan fingerprint density at radius 2 is 1.81 bits per heavy atom. The Labute approximate surface area is 153 Å². The fraction of sp³-hybridized carbons (Fsp3) is 0.250. The van der Waals surface area contributed by atoms with Gasteiger partial charge in [0.1, 0.15) is 0 Å². The summed E-state index contributed by atoms with van der Waals surface area (Å²) in [5, 5.41) is 7.10. The number of aromatic nitrogens is 3. The first kappa shape index (κ1) is 17.7. The first-order chi connectivity index (χ1) is 12.4. The second-order valence-corrected chi connectivity index (χ2v) is 6.66. The van der Waals surface area contributed by atoms with E-state index in [0.717, 1.165) is 16.8 Å². The summed E-state index contributed by atoms with van der Waals surface area (Å²) in [6.07, 6.45) is 6.80. The van der Waals surface area contributed by atoms with E-state index in [9.17, 15) is 4.79 Å². The number of rotatable bonds is 5. The van der Waals surface area contributed by atoms with Gasteiger partial charge in [-0.15, -0.1) is 0 Å². The average Bonchev–Trinajstić information content (AvgIpc) is 3.11. The predicted octanol–water partition coefficient (Wildman–Crippen LogP) is 3.84. The van der Waals surface area contributed by atoms with Gasteiger partial charge in [-0.3, -0.25) is 14.5 Å². The molecule has 1 N–H and O–H groups in total. The van der Waals surface area contributed by atoms with Gasteiger partial charge in [0.2, 0.25) is 0 Å². The maximum absolute atomic E-state index is 12.5. The zero-order valence-corrected chi connectivity index (χ0v) is 15.5. The SMILES string of the molecule is CC(C)n1cc(NC(=O)c2cncc(-c3ccc(N(C)C)cc3)c2)cn1. The second kappa shape index (κ2) is 7.39. The van der Waals surface area contributed by atoms with Gasteiger partial charge < -0.3 is 10.2 Å². The van der Waals surface area contributed by atoms with E-state index in [1.807, 2.05) is 69.4 Å². The normalized spacial score (nSPS) is 10.8. The molecular formula is C20H23N5O. The van der Waals surface area contributed by atoms with Crippen molar-refractivity contribution in [2.24, 2.45) is 0 Å². The third-order valence-electron chi connectivity index (χ3n) is 4.11. The maximum Gasteiger partial charge on any atom is 0.257 e. The molecule has 3 aromatic rings. The zero-order valence-electron chi connectivity index (χ0n) is 15.5. The van der Waals surface area contributed by atoms with Crippen LogP contribution in [-0.2, 0) is 0 Å². The number of nitrogens with zero attached hydrogens (tertiary/aromatic N) is 4. The van der Waals surface area contributed by atoms with Gasteiger partial charge in [0.05, 0.1) is 17.4 Å². The number of hydrogen-bond acceptors (Lipinski definition) is 4. The van der Waals surface area contributed by atoms with E-state index in [-0.39, 0.29) is 11.9 Å². The van der Waals surface area contributed by atoms with Crippen molar-refractivity contribution in [2.75, 3.05) is 24.3 Å². The third kappa shape index (κ3) is 3.91. The van der Waals surface area contributed by atoms with Gasteiger partial charge in [-0.05, 0) is 37.6 Å². The monoisotopic (exact) mass is 349 g/mol. The molecule has 3 rings (SSSR count). The number of hydrogen-bond donors (Lipinski definition) is 1. The van der Waals surface area contributed by atoms with E-state index in [1.165, 1.54) is 0 Å². The molecule has 26 heavy (non-hydrogen) atoms. The largest absolute Gasteiger partial charge is 0.378 e. The predicted molar refractivity (Wildman–Crippen MR) is 105 cm³/mol. The Morgan fingerprint density at radius 3 is 2.42 bits per heavy atom. The highest BCUT2D eigenvalue weighted by Crippen LogP contribution is 2.23. The molecular weight excluding hydrogens is 326 g/mol. The maximum atomic E-state index is 12.5. The van der Waals surface area contributed by atoms with Crippen LogP contribution in [0.15, 0.2) is 55.1 Å². The van der Waals surface area contributed by atoms with Gasteiger partial charge >= 0.3 is 0 Å². The molecule has 0 radical (unpaired) electrons. The Bertz CT molecular complexity index is 897. The summed E-state index contributed by atoms with van der Waals surface area (Å²) in [5.74, 6) is -0.201. The molecule has 0 bridgehead atoms. The van der Waals surface area contributed by atoms with E-state index in [0.29, 0.717) is 11.3 Å². The summed E-state index contributed by atoms with van der Waals surface area (Å²) >= 11 is 0. The van der Waals surface area contributed by atoms with Crippen LogP contribution < -0.4 is 10.2 Å². The van der Waals surface area contributed by atoms with E-state index >= 15 is 0 Å². The Hall–Kier alpha value is -3.15. The number of anilines is 2. The minimum Gasteiger partial charge on any atom is -0.378 e. The van der Waals surface area contributed by atoms with Crippen molar-refractivity contribution in [3.8, 4) is 11.1 Å². The van der Waals surface area contributed by atoms with Gasteiger partial charge in [-0.2, -0.15) is 5.10 Å². The molecule has 0 aliphatic rings.